The lowest BCUT2D eigenvalue weighted by atomic mass is 10.2. The minimum absolute atomic E-state index is 0.417. The van der Waals surface area contributed by atoms with E-state index in [1.807, 2.05) is 51.1 Å². The molecular formula is C17H20BrClN2O2S. The van der Waals surface area contributed by atoms with Crippen molar-refractivity contribution in [2.24, 2.45) is 0 Å². The molecule has 1 heterocycles. The fourth-order valence-corrected chi connectivity index (χ4v) is 3.68. The molecule has 2 aromatic rings. The van der Waals surface area contributed by atoms with Gasteiger partial charge in [0.2, 0.25) is 0 Å². The smallest absolute Gasteiger partial charge is 0.407 e. The zero-order chi connectivity index (χ0) is 17.7. The molecule has 1 amide bonds. The maximum Gasteiger partial charge on any atom is 0.407 e. The summed E-state index contributed by atoms with van der Waals surface area (Å²) in [4.78, 5) is 12.8. The molecule has 0 spiro atoms. The molecule has 130 valence electrons. The van der Waals surface area contributed by atoms with Gasteiger partial charge in [-0.25, -0.2) is 4.79 Å². The molecular weight excluding hydrogens is 412 g/mol. The van der Waals surface area contributed by atoms with Gasteiger partial charge in [0.05, 0.1) is 0 Å². The minimum Gasteiger partial charge on any atom is -0.444 e. The van der Waals surface area contributed by atoms with E-state index in [0.717, 1.165) is 24.9 Å². The van der Waals surface area contributed by atoms with Gasteiger partial charge in [-0.3, -0.25) is 0 Å². The van der Waals surface area contributed by atoms with Gasteiger partial charge < -0.3 is 15.4 Å². The maximum atomic E-state index is 11.7. The Morgan fingerprint density at radius 1 is 1.29 bits per heavy atom. The van der Waals surface area contributed by atoms with Gasteiger partial charge >= 0.3 is 6.09 Å². The summed E-state index contributed by atoms with van der Waals surface area (Å²) in [7, 11) is 0. The van der Waals surface area contributed by atoms with Crippen molar-refractivity contribution in [2.75, 3.05) is 5.32 Å². The monoisotopic (exact) mass is 430 g/mol. The van der Waals surface area contributed by atoms with Gasteiger partial charge in [-0.1, -0.05) is 23.7 Å². The van der Waals surface area contributed by atoms with Gasteiger partial charge in [-0.15, -0.1) is 11.3 Å². The van der Waals surface area contributed by atoms with Crippen LogP contribution < -0.4 is 10.6 Å². The number of anilines is 1. The van der Waals surface area contributed by atoms with Crippen molar-refractivity contribution in [3.63, 3.8) is 0 Å². The lowest BCUT2D eigenvalue weighted by Gasteiger charge is -2.19. The van der Waals surface area contributed by atoms with Crippen LogP contribution in [0.4, 0.5) is 10.5 Å². The van der Waals surface area contributed by atoms with E-state index >= 15 is 0 Å². The third-order valence-electron chi connectivity index (χ3n) is 2.93. The lowest BCUT2D eigenvalue weighted by Crippen LogP contribution is -2.32. The van der Waals surface area contributed by atoms with Gasteiger partial charge in [0.25, 0.3) is 0 Å². The minimum atomic E-state index is -0.496. The quantitative estimate of drug-likeness (QED) is 0.629. The van der Waals surface area contributed by atoms with Crippen molar-refractivity contribution >= 4 is 50.6 Å². The van der Waals surface area contributed by atoms with Crippen LogP contribution in [-0.4, -0.2) is 11.7 Å². The molecule has 0 aliphatic rings. The molecule has 7 heteroatoms. The number of halogens is 2. The average molecular weight is 432 g/mol. The van der Waals surface area contributed by atoms with Gasteiger partial charge in [0, 0.05) is 28.1 Å². The highest BCUT2D eigenvalue weighted by Crippen LogP contribution is 2.32. The summed E-state index contributed by atoms with van der Waals surface area (Å²) >= 11 is 11.0. The Bertz CT molecular complexity index is 693. The Balaban J connectivity index is 1.88. The SMILES string of the molecule is CC(C)(C)OC(=O)NCc1cccc(NCc2cc(Br)c(Cl)s2)c1. The van der Waals surface area contributed by atoms with Gasteiger partial charge in [0.1, 0.15) is 9.94 Å². The molecule has 0 bridgehead atoms. The zero-order valence-corrected chi connectivity index (χ0v) is 16.9. The highest BCUT2D eigenvalue weighted by atomic mass is 79.9. The number of ether oxygens (including phenoxy) is 1. The van der Waals surface area contributed by atoms with E-state index in [0.29, 0.717) is 13.1 Å². The fourth-order valence-electron chi connectivity index (χ4n) is 1.95. The Hall–Kier alpha value is -1.24. The second-order valence-electron chi connectivity index (χ2n) is 6.24. The van der Waals surface area contributed by atoms with E-state index in [-0.39, 0.29) is 0 Å². The predicted octanol–water partition coefficient (Wildman–Crippen LogP) is 5.80. The molecule has 0 radical (unpaired) electrons. The van der Waals surface area contributed by atoms with Crippen molar-refractivity contribution in [2.45, 2.75) is 39.5 Å². The Labute approximate surface area is 159 Å². The van der Waals surface area contributed by atoms with Gasteiger partial charge in [0.15, 0.2) is 0 Å². The number of nitrogens with one attached hydrogen (secondary N) is 2. The van der Waals surface area contributed by atoms with Crippen molar-refractivity contribution in [3.8, 4) is 0 Å². The number of carbonyl (C=O) groups excluding carboxylic acids is 1. The van der Waals surface area contributed by atoms with E-state index < -0.39 is 11.7 Å². The van der Waals surface area contributed by atoms with E-state index in [2.05, 4.69) is 26.6 Å². The van der Waals surface area contributed by atoms with Crippen LogP contribution in [0.15, 0.2) is 34.8 Å². The second kappa shape index (κ2) is 8.23. The molecule has 0 unspecified atom stereocenters. The van der Waals surface area contributed by atoms with Gasteiger partial charge in [-0.2, -0.15) is 0 Å². The van der Waals surface area contributed by atoms with Crippen LogP contribution >= 0.6 is 38.9 Å². The molecule has 1 aromatic heterocycles. The summed E-state index contributed by atoms with van der Waals surface area (Å²) in [6.45, 7) is 6.63. The molecule has 2 N–H and O–H groups in total. The number of thiophene rings is 1. The first kappa shape index (κ1) is 19.1. The van der Waals surface area contributed by atoms with Crippen LogP contribution in [0.1, 0.15) is 31.2 Å². The summed E-state index contributed by atoms with van der Waals surface area (Å²) in [5.41, 5.74) is 1.49. The van der Waals surface area contributed by atoms with Crippen molar-refractivity contribution in [3.05, 3.63) is 49.6 Å². The van der Waals surface area contributed by atoms with Crippen LogP contribution in [0.3, 0.4) is 0 Å². The number of alkyl carbamates (subject to hydrolysis) is 1. The molecule has 0 saturated carbocycles. The molecule has 0 aliphatic heterocycles. The van der Waals surface area contributed by atoms with E-state index in [1.54, 1.807) is 0 Å². The van der Waals surface area contributed by atoms with Gasteiger partial charge in [-0.05, 0) is 60.5 Å². The molecule has 2 rings (SSSR count). The summed E-state index contributed by atoms with van der Waals surface area (Å²) in [5, 5.41) is 6.11. The first-order valence-electron chi connectivity index (χ1n) is 7.46. The van der Waals surface area contributed by atoms with Crippen molar-refractivity contribution in [1.82, 2.24) is 5.32 Å². The third kappa shape index (κ3) is 6.34. The Kier molecular flexibility index (Phi) is 6.54. The predicted molar refractivity (Wildman–Crippen MR) is 104 cm³/mol. The van der Waals surface area contributed by atoms with E-state index in [4.69, 9.17) is 16.3 Å². The number of hydrogen-bond donors (Lipinski definition) is 2. The molecule has 0 atom stereocenters. The third-order valence-corrected chi connectivity index (χ3v) is 5.40. The summed E-state index contributed by atoms with van der Waals surface area (Å²) in [6, 6.07) is 9.91. The first-order chi connectivity index (χ1) is 11.2. The number of amides is 1. The van der Waals surface area contributed by atoms with Crippen LogP contribution in [0.25, 0.3) is 0 Å². The molecule has 24 heavy (non-hydrogen) atoms. The molecule has 1 aromatic carbocycles. The molecule has 0 aliphatic carbocycles. The number of carbonyl (C=O) groups is 1. The summed E-state index contributed by atoms with van der Waals surface area (Å²) < 4.78 is 6.90. The molecule has 4 nitrogen and oxygen atoms in total. The highest BCUT2D eigenvalue weighted by Gasteiger charge is 2.15. The maximum absolute atomic E-state index is 11.7. The van der Waals surface area contributed by atoms with E-state index in [9.17, 15) is 4.79 Å². The van der Waals surface area contributed by atoms with Crippen molar-refractivity contribution in [1.29, 1.82) is 0 Å². The van der Waals surface area contributed by atoms with Crippen LogP contribution in [0.5, 0.6) is 0 Å². The Morgan fingerprint density at radius 3 is 2.67 bits per heavy atom. The van der Waals surface area contributed by atoms with E-state index in [1.165, 1.54) is 11.3 Å². The zero-order valence-electron chi connectivity index (χ0n) is 13.8. The lowest BCUT2D eigenvalue weighted by molar-refractivity contribution is 0.0523. The summed E-state index contributed by atoms with van der Waals surface area (Å²) in [6.07, 6.45) is -0.418. The van der Waals surface area contributed by atoms with Crippen LogP contribution in [-0.2, 0) is 17.8 Å². The number of rotatable bonds is 5. The number of benzene rings is 1. The fraction of sp³-hybridized carbons (Fsp3) is 0.353. The molecule has 0 saturated heterocycles. The van der Waals surface area contributed by atoms with Crippen molar-refractivity contribution < 1.29 is 9.53 Å². The number of hydrogen-bond acceptors (Lipinski definition) is 4. The molecule has 0 fully saturated rings. The average Bonchev–Trinajstić information content (AvgIpc) is 2.80. The Morgan fingerprint density at radius 2 is 2.04 bits per heavy atom. The largest absolute Gasteiger partial charge is 0.444 e. The summed E-state index contributed by atoms with van der Waals surface area (Å²) in [5.74, 6) is 0. The first-order valence-corrected chi connectivity index (χ1v) is 9.45. The van der Waals surface area contributed by atoms with Crippen LogP contribution in [0, 0.1) is 0 Å². The topological polar surface area (TPSA) is 50.4 Å². The standard InChI is InChI=1S/C17H20BrClN2O2S/c1-17(2,3)23-16(22)21-9-11-5-4-6-12(7-11)20-10-13-8-14(18)15(19)24-13/h4-8,20H,9-10H2,1-3H3,(H,21,22). The normalized spacial score (nSPS) is 11.2. The highest BCUT2D eigenvalue weighted by molar-refractivity contribution is 9.10. The second-order valence-corrected chi connectivity index (χ2v) is 8.84. The van der Waals surface area contributed by atoms with Crippen LogP contribution in [0.2, 0.25) is 4.34 Å².